The van der Waals surface area contributed by atoms with E-state index in [1.165, 1.54) is 18.2 Å². The van der Waals surface area contributed by atoms with Gasteiger partial charge in [0.15, 0.2) is 6.61 Å². The predicted molar refractivity (Wildman–Crippen MR) is 73.5 cm³/mol. The van der Waals surface area contributed by atoms with Crippen molar-refractivity contribution in [2.75, 3.05) is 24.6 Å². The molecular formula is C13H19N3O3. The fourth-order valence-electron chi connectivity index (χ4n) is 1.46. The number of nitrogens with one attached hydrogen (secondary N) is 1. The summed E-state index contributed by atoms with van der Waals surface area (Å²) in [6, 6.07) is 4.44. The van der Waals surface area contributed by atoms with Crippen molar-refractivity contribution in [1.82, 2.24) is 5.32 Å². The summed E-state index contributed by atoms with van der Waals surface area (Å²) in [5.74, 6) is -0.941. The quantitative estimate of drug-likeness (QED) is 0.403. The minimum atomic E-state index is -0.621. The Morgan fingerprint density at radius 1 is 1.21 bits per heavy atom. The maximum absolute atomic E-state index is 11.7. The molecule has 0 spiro atoms. The first-order valence-corrected chi connectivity index (χ1v) is 6.12. The summed E-state index contributed by atoms with van der Waals surface area (Å²) in [6.07, 6.45) is 1.88. The van der Waals surface area contributed by atoms with Crippen molar-refractivity contribution in [3.05, 3.63) is 23.8 Å². The van der Waals surface area contributed by atoms with Crippen molar-refractivity contribution in [3.63, 3.8) is 0 Å². The molecule has 0 aliphatic heterocycles. The van der Waals surface area contributed by atoms with Gasteiger partial charge in [-0.3, -0.25) is 4.79 Å². The largest absolute Gasteiger partial charge is 0.452 e. The zero-order valence-corrected chi connectivity index (χ0v) is 10.9. The van der Waals surface area contributed by atoms with E-state index in [9.17, 15) is 9.59 Å². The first-order chi connectivity index (χ1) is 9.02. The van der Waals surface area contributed by atoms with Crippen LogP contribution < -0.4 is 16.8 Å². The number of nitrogens with two attached hydrogens (primary N) is 2. The molecular weight excluding hydrogens is 246 g/mol. The summed E-state index contributed by atoms with van der Waals surface area (Å²) >= 11 is 0. The zero-order valence-electron chi connectivity index (χ0n) is 10.9. The number of anilines is 2. The Kier molecular flexibility index (Phi) is 5.66. The van der Waals surface area contributed by atoms with E-state index in [0.717, 1.165) is 12.8 Å². The number of amides is 1. The van der Waals surface area contributed by atoms with E-state index in [2.05, 4.69) is 5.32 Å². The second-order valence-corrected chi connectivity index (χ2v) is 4.17. The molecule has 0 aliphatic carbocycles. The second-order valence-electron chi connectivity index (χ2n) is 4.17. The third kappa shape index (κ3) is 5.29. The predicted octanol–water partition coefficient (Wildman–Crippen LogP) is 0.924. The van der Waals surface area contributed by atoms with Gasteiger partial charge in [0, 0.05) is 17.9 Å². The summed E-state index contributed by atoms with van der Waals surface area (Å²) in [5, 5.41) is 2.65. The molecule has 0 atom stereocenters. The zero-order chi connectivity index (χ0) is 14.3. The minimum absolute atomic E-state index is 0.235. The van der Waals surface area contributed by atoms with Crippen LogP contribution >= 0.6 is 0 Å². The smallest absolute Gasteiger partial charge is 0.338 e. The van der Waals surface area contributed by atoms with E-state index in [4.69, 9.17) is 16.2 Å². The Labute approximate surface area is 112 Å². The maximum Gasteiger partial charge on any atom is 0.338 e. The lowest BCUT2D eigenvalue weighted by Crippen LogP contribution is -2.29. The standard InChI is InChI=1S/C13H19N3O3/c1-2-3-4-16-12(17)8-19-13(18)9-5-10(14)7-11(15)6-9/h5-7H,2-4,8,14-15H2,1H3,(H,16,17). The third-order valence-electron chi connectivity index (χ3n) is 2.40. The fraction of sp³-hybridized carbons (Fsp3) is 0.385. The van der Waals surface area contributed by atoms with Gasteiger partial charge in [-0.2, -0.15) is 0 Å². The molecule has 0 heterocycles. The highest BCUT2D eigenvalue weighted by Crippen LogP contribution is 2.14. The molecule has 0 aromatic heterocycles. The van der Waals surface area contributed by atoms with Gasteiger partial charge >= 0.3 is 5.97 Å². The molecule has 6 nitrogen and oxygen atoms in total. The Balaban J connectivity index is 2.44. The van der Waals surface area contributed by atoms with Gasteiger partial charge in [0.2, 0.25) is 0 Å². The number of hydrogen-bond acceptors (Lipinski definition) is 5. The second kappa shape index (κ2) is 7.25. The van der Waals surface area contributed by atoms with Gasteiger partial charge in [-0.15, -0.1) is 0 Å². The molecule has 0 fully saturated rings. The van der Waals surface area contributed by atoms with Gasteiger partial charge in [-0.05, 0) is 24.6 Å². The van der Waals surface area contributed by atoms with Gasteiger partial charge in [-0.25, -0.2) is 4.79 Å². The lowest BCUT2D eigenvalue weighted by Gasteiger charge is -2.07. The molecule has 0 saturated carbocycles. The molecule has 0 radical (unpaired) electrons. The monoisotopic (exact) mass is 265 g/mol. The van der Waals surface area contributed by atoms with E-state index in [1.54, 1.807) is 0 Å². The van der Waals surface area contributed by atoms with Crippen molar-refractivity contribution < 1.29 is 14.3 Å². The van der Waals surface area contributed by atoms with E-state index < -0.39 is 5.97 Å². The molecule has 1 amide bonds. The Morgan fingerprint density at radius 3 is 2.42 bits per heavy atom. The molecule has 0 unspecified atom stereocenters. The van der Waals surface area contributed by atoms with Crippen LogP contribution in [0.3, 0.4) is 0 Å². The van der Waals surface area contributed by atoms with Crippen LogP contribution in [0, 0.1) is 0 Å². The normalized spacial score (nSPS) is 9.95. The summed E-state index contributed by atoms with van der Waals surface area (Å²) < 4.78 is 4.87. The van der Waals surface area contributed by atoms with Crippen LogP contribution in [0.2, 0.25) is 0 Å². The SMILES string of the molecule is CCCCNC(=O)COC(=O)c1cc(N)cc(N)c1. The van der Waals surface area contributed by atoms with Crippen LogP contribution in [0.4, 0.5) is 11.4 Å². The summed E-state index contributed by atoms with van der Waals surface area (Å²) in [5.41, 5.74) is 12.1. The number of nitrogen functional groups attached to an aromatic ring is 2. The molecule has 1 aromatic carbocycles. The number of hydrogen-bond donors (Lipinski definition) is 3. The van der Waals surface area contributed by atoms with Crippen LogP contribution in [0.1, 0.15) is 30.1 Å². The van der Waals surface area contributed by atoms with Crippen LogP contribution in [0.5, 0.6) is 0 Å². The fourth-order valence-corrected chi connectivity index (χ4v) is 1.46. The lowest BCUT2D eigenvalue weighted by molar-refractivity contribution is -0.124. The number of rotatable bonds is 6. The van der Waals surface area contributed by atoms with Crippen molar-refractivity contribution in [2.24, 2.45) is 0 Å². The Bertz CT molecular complexity index is 440. The van der Waals surface area contributed by atoms with E-state index >= 15 is 0 Å². The average Bonchev–Trinajstić information content (AvgIpc) is 2.35. The average molecular weight is 265 g/mol. The van der Waals surface area contributed by atoms with Crippen molar-refractivity contribution >= 4 is 23.3 Å². The first kappa shape index (κ1) is 14.8. The summed E-state index contributed by atoms with van der Waals surface area (Å²) in [4.78, 5) is 23.0. The molecule has 6 heteroatoms. The van der Waals surface area contributed by atoms with Crippen LogP contribution in [0.15, 0.2) is 18.2 Å². The number of carbonyl (C=O) groups excluding carboxylic acids is 2. The van der Waals surface area contributed by atoms with Crippen LogP contribution in [0.25, 0.3) is 0 Å². The molecule has 1 rings (SSSR count). The maximum atomic E-state index is 11.7. The van der Waals surface area contributed by atoms with Gasteiger partial charge < -0.3 is 21.5 Å². The Morgan fingerprint density at radius 2 is 1.84 bits per heavy atom. The molecule has 0 aliphatic rings. The molecule has 5 N–H and O–H groups in total. The summed E-state index contributed by atoms with van der Waals surface area (Å²) in [7, 11) is 0. The number of esters is 1. The summed E-state index contributed by atoms with van der Waals surface area (Å²) in [6.45, 7) is 2.30. The highest BCUT2D eigenvalue weighted by Gasteiger charge is 2.11. The third-order valence-corrected chi connectivity index (χ3v) is 2.40. The van der Waals surface area contributed by atoms with Gasteiger partial charge in [0.05, 0.1) is 5.56 Å². The molecule has 0 saturated heterocycles. The van der Waals surface area contributed by atoms with Gasteiger partial charge in [-0.1, -0.05) is 13.3 Å². The highest BCUT2D eigenvalue weighted by atomic mass is 16.5. The minimum Gasteiger partial charge on any atom is -0.452 e. The lowest BCUT2D eigenvalue weighted by atomic mass is 10.2. The molecule has 19 heavy (non-hydrogen) atoms. The highest BCUT2D eigenvalue weighted by molar-refractivity contribution is 5.93. The molecule has 1 aromatic rings. The van der Waals surface area contributed by atoms with Crippen LogP contribution in [-0.4, -0.2) is 25.0 Å². The Hall–Kier alpha value is -2.24. The van der Waals surface area contributed by atoms with E-state index in [0.29, 0.717) is 17.9 Å². The number of unbranched alkanes of at least 4 members (excludes halogenated alkanes) is 1. The number of ether oxygens (including phenoxy) is 1. The van der Waals surface area contributed by atoms with Crippen molar-refractivity contribution in [3.8, 4) is 0 Å². The number of carbonyl (C=O) groups is 2. The van der Waals surface area contributed by atoms with Crippen molar-refractivity contribution in [1.29, 1.82) is 0 Å². The van der Waals surface area contributed by atoms with Gasteiger partial charge in [0.1, 0.15) is 0 Å². The van der Waals surface area contributed by atoms with Crippen molar-refractivity contribution in [2.45, 2.75) is 19.8 Å². The topological polar surface area (TPSA) is 107 Å². The van der Waals surface area contributed by atoms with E-state index in [1.807, 2.05) is 6.92 Å². The number of benzene rings is 1. The first-order valence-electron chi connectivity index (χ1n) is 6.12. The van der Waals surface area contributed by atoms with E-state index in [-0.39, 0.29) is 18.1 Å². The molecule has 0 bridgehead atoms. The van der Waals surface area contributed by atoms with Gasteiger partial charge in [0.25, 0.3) is 5.91 Å². The molecule has 104 valence electrons. The van der Waals surface area contributed by atoms with Crippen LogP contribution in [-0.2, 0) is 9.53 Å².